The second-order valence-corrected chi connectivity index (χ2v) is 9.19. The monoisotopic (exact) mass is 471 g/mol. The molecule has 3 aromatic rings. The molecule has 8 nitrogen and oxygen atoms in total. The number of rotatable bonds is 7. The molecule has 1 atom stereocenters. The van der Waals surface area contributed by atoms with E-state index in [1.54, 1.807) is 18.3 Å². The molecule has 1 aliphatic carbocycles. The SMILES string of the molecule is CC(C)Oc1ccc(-c2nc(-c3cccc4c3CCCC4C=NC(=O)CN(C)C)no2)cc1C#N. The average molecular weight is 472 g/mol. The van der Waals surface area contributed by atoms with Crippen LogP contribution in [0.2, 0.25) is 0 Å². The Hall–Kier alpha value is -3.83. The standard InChI is InChI=1S/C27H29N5O3/c1-17(2)34-24-12-11-18(13-20(24)14-28)27-30-26(31-35-27)23-10-6-8-21-19(7-5-9-22(21)23)15-29-25(33)16-32(3)4/h6,8,10-13,15,17,19H,5,7,9,16H2,1-4H3. The summed E-state index contributed by atoms with van der Waals surface area (Å²) in [6, 6.07) is 13.5. The van der Waals surface area contributed by atoms with Gasteiger partial charge in [0, 0.05) is 23.3 Å². The maximum absolute atomic E-state index is 12.1. The van der Waals surface area contributed by atoms with E-state index in [1.807, 2.05) is 51.0 Å². The molecule has 1 aromatic heterocycles. The molecule has 0 spiro atoms. The van der Waals surface area contributed by atoms with Crippen LogP contribution in [-0.4, -0.2) is 53.9 Å². The molecule has 0 saturated carbocycles. The highest BCUT2D eigenvalue weighted by Crippen LogP contribution is 2.36. The molecule has 180 valence electrons. The number of aliphatic imine (C=N–C) groups is 1. The van der Waals surface area contributed by atoms with E-state index in [1.165, 1.54) is 0 Å². The number of ether oxygens (including phenoxy) is 1. The van der Waals surface area contributed by atoms with Crippen LogP contribution < -0.4 is 4.74 Å². The van der Waals surface area contributed by atoms with E-state index in [4.69, 9.17) is 9.26 Å². The predicted octanol–water partition coefficient (Wildman–Crippen LogP) is 4.64. The van der Waals surface area contributed by atoms with Crippen molar-refractivity contribution >= 4 is 12.1 Å². The molecule has 2 aromatic carbocycles. The van der Waals surface area contributed by atoms with Crippen LogP contribution in [0.3, 0.4) is 0 Å². The molecule has 0 saturated heterocycles. The van der Waals surface area contributed by atoms with Crippen LogP contribution in [0, 0.1) is 11.3 Å². The molecule has 0 radical (unpaired) electrons. The predicted molar refractivity (Wildman–Crippen MR) is 133 cm³/mol. The van der Waals surface area contributed by atoms with E-state index in [0.29, 0.717) is 35.1 Å². The van der Waals surface area contributed by atoms with E-state index in [9.17, 15) is 10.1 Å². The van der Waals surface area contributed by atoms with Crippen molar-refractivity contribution in [2.75, 3.05) is 20.6 Å². The summed E-state index contributed by atoms with van der Waals surface area (Å²) >= 11 is 0. The molecule has 4 rings (SSSR count). The summed E-state index contributed by atoms with van der Waals surface area (Å²) in [6.07, 6.45) is 4.56. The van der Waals surface area contributed by atoms with Crippen LogP contribution in [-0.2, 0) is 11.2 Å². The largest absolute Gasteiger partial charge is 0.490 e. The molecule has 1 amide bonds. The van der Waals surface area contributed by atoms with Crippen LogP contribution in [0.4, 0.5) is 0 Å². The Bertz CT molecular complexity index is 1290. The average Bonchev–Trinajstić information content (AvgIpc) is 3.32. The fraction of sp³-hybridized carbons (Fsp3) is 0.370. The summed E-state index contributed by atoms with van der Waals surface area (Å²) in [5.41, 5.74) is 4.28. The van der Waals surface area contributed by atoms with Gasteiger partial charge in [-0.15, -0.1) is 0 Å². The van der Waals surface area contributed by atoms with Gasteiger partial charge in [0.1, 0.15) is 11.8 Å². The Morgan fingerprint density at radius 1 is 1.34 bits per heavy atom. The van der Waals surface area contributed by atoms with Gasteiger partial charge < -0.3 is 14.2 Å². The van der Waals surface area contributed by atoms with Crippen molar-refractivity contribution in [2.45, 2.75) is 45.1 Å². The van der Waals surface area contributed by atoms with E-state index in [0.717, 1.165) is 36.0 Å². The van der Waals surface area contributed by atoms with Gasteiger partial charge in [0.15, 0.2) is 0 Å². The zero-order chi connectivity index (χ0) is 24.9. The molecule has 1 heterocycles. The van der Waals surface area contributed by atoms with Crippen molar-refractivity contribution in [3.05, 3.63) is 53.1 Å². The van der Waals surface area contributed by atoms with E-state index >= 15 is 0 Å². The molecule has 0 aliphatic heterocycles. The number of hydrogen-bond donors (Lipinski definition) is 0. The number of fused-ring (bicyclic) bond motifs is 1. The van der Waals surface area contributed by atoms with Gasteiger partial charge >= 0.3 is 0 Å². The maximum Gasteiger partial charge on any atom is 0.259 e. The van der Waals surface area contributed by atoms with Crippen molar-refractivity contribution in [2.24, 2.45) is 4.99 Å². The van der Waals surface area contributed by atoms with Crippen LogP contribution in [0.15, 0.2) is 45.9 Å². The van der Waals surface area contributed by atoms with Crippen molar-refractivity contribution in [3.63, 3.8) is 0 Å². The third kappa shape index (κ3) is 5.64. The summed E-state index contributed by atoms with van der Waals surface area (Å²) in [5.74, 6) is 1.29. The fourth-order valence-corrected chi connectivity index (χ4v) is 4.29. The number of nitriles is 1. The zero-order valence-electron chi connectivity index (χ0n) is 20.5. The summed E-state index contributed by atoms with van der Waals surface area (Å²) < 4.78 is 11.3. The smallest absolute Gasteiger partial charge is 0.259 e. The van der Waals surface area contributed by atoms with Gasteiger partial charge in [0.05, 0.1) is 18.2 Å². The summed E-state index contributed by atoms with van der Waals surface area (Å²) in [6.45, 7) is 4.12. The van der Waals surface area contributed by atoms with Gasteiger partial charge in [-0.3, -0.25) is 4.79 Å². The normalized spacial score (nSPS) is 15.4. The molecule has 0 N–H and O–H groups in total. The molecule has 1 unspecified atom stereocenters. The number of carbonyl (C=O) groups is 1. The second kappa shape index (κ2) is 10.6. The molecular formula is C27H29N5O3. The molecule has 0 bridgehead atoms. The second-order valence-electron chi connectivity index (χ2n) is 9.19. The van der Waals surface area contributed by atoms with Crippen molar-refractivity contribution < 1.29 is 14.1 Å². The Balaban J connectivity index is 1.62. The van der Waals surface area contributed by atoms with Gasteiger partial charge in [-0.25, -0.2) is 4.99 Å². The topological polar surface area (TPSA) is 105 Å². The lowest BCUT2D eigenvalue weighted by Gasteiger charge is -2.24. The zero-order valence-corrected chi connectivity index (χ0v) is 20.5. The minimum Gasteiger partial charge on any atom is -0.490 e. The van der Waals surface area contributed by atoms with E-state index in [2.05, 4.69) is 27.3 Å². The quantitative estimate of drug-likeness (QED) is 0.462. The maximum atomic E-state index is 12.1. The summed E-state index contributed by atoms with van der Waals surface area (Å²) in [5, 5.41) is 13.8. The Morgan fingerprint density at radius 2 is 2.17 bits per heavy atom. The number of benzene rings is 2. The lowest BCUT2D eigenvalue weighted by Crippen LogP contribution is -2.21. The number of carbonyl (C=O) groups excluding carboxylic acids is 1. The molecule has 1 aliphatic rings. The first-order valence-corrected chi connectivity index (χ1v) is 11.7. The highest BCUT2D eigenvalue weighted by atomic mass is 16.5. The minimum atomic E-state index is -0.150. The first-order valence-electron chi connectivity index (χ1n) is 11.7. The van der Waals surface area contributed by atoms with Crippen LogP contribution >= 0.6 is 0 Å². The van der Waals surface area contributed by atoms with Gasteiger partial charge in [-0.05, 0) is 76.5 Å². The summed E-state index contributed by atoms with van der Waals surface area (Å²) in [4.78, 5) is 22.7. The Labute approximate surface area is 205 Å². The first-order chi connectivity index (χ1) is 16.9. The van der Waals surface area contributed by atoms with Gasteiger partial charge in [0.2, 0.25) is 5.82 Å². The Morgan fingerprint density at radius 3 is 2.91 bits per heavy atom. The van der Waals surface area contributed by atoms with Crippen LogP contribution in [0.5, 0.6) is 5.75 Å². The third-order valence-electron chi connectivity index (χ3n) is 5.78. The number of hydrogen-bond acceptors (Lipinski definition) is 7. The van der Waals surface area contributed by atoms with Crippen molar-refractivity contribution in [1.82, 2.24) is 15.0 Å². The molecular weight excluding hydrogens is 442 g/mol. The number of likely N-dealkylation sites (N-methyl/N-ethyl adjacent to an activating group) is 1. The first kappa shape index (κ1) is 24.3. The number of nitrogens with zero attached hydrogens (tertiary/aromatic N) is 5. The van der Waals surface area contributed by atoms with Gasteiger partial charge in [-0.2, -0.15) is 10.2 Å². The number of aromatic nitrogens is 2. The number of amides is 1. The van der Waals surface area contributed by atoms with E-state index < -0.39 is 0 Å². The fourth-order valence-electron chi connectivity index (χ4n) is 4.29. The summed E-state index contributed by atoms with van der Waals surface area (Å²) in [7, 11) is 3.70. The van der Waals surface area contributed by atoms with Crippen molar-refractivity contribution in [1.29, 1.82) is 5.26 Å². The lowest BCUT2D eigenvalue weighted by molar-refractivity contribution is -0.118. The highest BCUT2D eigenvalue weighted by Gasteiger charge is 2.24. The molecule has 0 fully saturated rings. The Kier molecular flexibility index (Phi) is 7.37. The van der Waals surface area contributed by atoms with Crippen LogP contribution in [0.25, 0.3) is 22.8 Å². The van der Waals surface area contributed by atoms with Gasteiger partial charge in [0.25, 0.3) is 11.8 Å². The van der Waals surface area contributed by atoms with Crippen LogP contribution in [0.1, 0.15) is 49.3 Å². The van der Waals surface area contributed by atoms with Gasteiger partial charge in [-0.1, -0.05) is 23.4 Å². The highest BCUT2D eigenvalue weighted by molar-refractivity contribution is 5.88. The molecule has 8 heteroatoms. The van der Waals surface area contributed by atoms with E-state index in [-0.39, 0.29) is 17.9 Å². The van der Waals surface area contributed by atoms with Crippen molar-refractivity contribution in [3.8, 4) is 34.7 Å². The lowest BCUT2D eigenvalue weighted by atomic mass is 9.81. The minimum absolute atomic E-state index is 0.0350. The molecule has 35 heavy (non-hydrogen) atoms. The third-order valence-corrected chi connectivity index (χ3v) is 5.78.